The minimum absolute atomic E-state index is 0.561. The van der Waals surface area contributed by atoms with Gasteiger partial charge in [-0.05, 0) is 17.5 Å². The van der Waals surface area contributed by atoms with Crippen LogP contribution in [0.25, 0.3) is 6.08 Å². The molecule has 0 N–H and O–H groups in total. The molecule has 0 saturated carbocycles. The number of rotatable bonds is 2. The molecule has 0 saturated heterocycles. The maximum Gasteiger partial charge on any atom is 0.0314 e. The quantitative estimate of drug-likeness (QED) is 0.597. The van der Waals surface area contributed by atoms with Crippen molar-refractivity contribution in [2.75, 3.05) is 0 Å². The monoisotopic (exact) mass is 170 g/mol. The summed E-state index contributed by atoms with van der Waals surface area (Å²) < 4.78 is 0. The normalized spacial score (nSPS) is 10.6. The molecule has 0 aromatic heterocycles. The van der Waals surface area contributed by atoms with E-state index in [1.165, 1.54) is 0 Å². The summed E-state index contributed by atoms with van der Waals surface area (Å²) in [4.78, 5) is 0. The van der Waals surface area contributed by atoms with E-state index in [-0.39, 0.29) is 0 Å². The molecule has 0 atom stereocenters. The Balaban J connectivity index is 2.95. The highest BCUT2D eigenvalue weighted by Crippen LogP contribution is 2.10. The van der Waals surface area contributed by atoms with Gasteiger partial charge in [-0.15, -0.1) is 6.42 Å². The van der Waals surface area contributed by atoms with Crippen molar-refractivity contribution in [3.63, 3.8) is 0 Å². The predicted octanol–water partition coefficient (Wildman–Crippen LogP) is 3.34. The van der Waals surface area contributed by atoms with Crippen LogP contribution in [0.15, 0.2) is 30.3 Å². The third-order valence-electron chi connectivity index (χ3n) is 1.78. The Labute approximate surface area is 80.3 Å². The number of benzene rings is 1. The van der Waals surface area contributed by atoms with Crippen LogP contribution < -0.4 is 0 Å². The lowest BCUT2D eigenvalue weighted by Crippen LogP contribution is -1.82. The van der Waals surface area contributed by atoms with Gasteiger partial charge in [-0.25, -0.2) is 0 Å². The number of hydrogen-bond acceptors (Lipinski definition) is 0. The molecule has 0 heteroatoms. The first-order valence-corrected chi connectivity index (χ1v) is 4.48. The van der Waals surface area contributed by atoms with E-state index in [4.69, 9.17) is 6.42 Å². The Hall–Kier alpha value is -1.48. The predicted molar refractivity (Wildman–Crippen MR) is 58.2 cm³/mol. The molecule has 1 aromatic carbocycles. The average Bonchev–Trinajstić information content (AvgIpc) is 2.15. The lowest BCUT2D eigenvalue weighted by atomic mass is 10.1. The van der Waals surface area contributed by atoms with Crippen molar-refractivity contribution in [1.29, 1.82) is 0 Å². The van der Waals surface area contributed by atoms with Crippen LogP contribution >= 0.6 is 0 Å². The van der Waals surface area contributed by atoms with Crippen LogP contribution in [0.3, 0.4) is 0 Å². The van der Waals surface area contributed by atoms with Crippen LogP contribution in [-0.4, -0.2) is 0 Å². The summed E-state index contributed by atoms with van der Waals surface area (Å²) in [7, 11) is 0. The van der Waals surface area contributed by atoms with E-state index in [1.807, 2.05) is 24.3 Å². The number of terminal acetylenes is 1. The first kappa shape index (κ1) is 9.61. The molecule has 0 aliphatic heterocycles. The highest BCUT2D eigenvalue weighted by molar-refractivity contribution is 5.58. The molecule has 66 valence electrons. The van der Waals surface area contributed by atoms with E-state index < -0.39 is 0 Å². The molecule has 0 nitrogen and oxygen atoms in total. The first-order chi connectivity index (χ1) is 6.24. The lowest BCUT2D eigenvalue weighted by Gasteiger charge is -1.98. The average molecular weight is 170 g/mol. The Kier molecular flexibility index (Phi) is 3.34. The molecule has 0 radical (unpaired) electrons. The highest BCUT2D eigenvalue weighted by atomic mass is 14.0. The standard InChI is InChI=1S/C13H14/c1-4-12-7-5-6-8-13(12)10-9-11(2)3/h1,5-11H,2-3H3. The minimum Gasteiger partial charge on any atom is -0.115 e. The second kappa shape index (κ2) is 4.52. The second-order valence-electron chi connectivity index (χ2n) is 3.33. The van der Waals surface area contributed by atoms with Crippen molar-refractivity contribution in [3.8, 4) is 12.3 Å². The molecule has 0 unspecified atom stereocenters. The molecule has 13 heavy (non-hydrogen) atoms. The zero-order valence-electron chi connectivity index (χ0n) is 8.12. The van der Waals surface area contributed by atoms with E-state index >= 15 is 0 Å². The summed E-state index contributed by atoms with van der Waals surface area (Å²) in [6.07, 6.45) is 9.61. The lowest BCUT2D eigenvalue weighted by molar-refractivity contribution is 0.836. The maximum absolute atomic E-state index is 5.37. The van der Waals surface area contributed by atoms with Gasteiger partial charge in [-0.2, -0.15) is 0 Å². The van der Waals surface area contributed by atoms with Crippen molar-refractivity contribution in [1.82, 2.24) is 0 Å². The summed E-state index contributed by atoms with van der Waals surface area (Å²) in [6.45, 7) is 4.30. The molecule has 0 aliphatic rings. The third kappa shape index (κ3) is 2.80. The van der Waals surface area contributed by atoms with Crippen LogP contribution in [0.1, 0.15) is 25.0 Å². The van der Waals surface area contributed by atoms with Crippen molar-refractivity contribution < 1.29 is 0 Å². The molecule has 1 rings (SSSR count). The van der Waals surface area contributed by atoms with E-state index in [0.717, 1.165) is 11.1 Å². The minimum atomic E-state index is 0.561. The fraction of sp³-hybridized carbons (Fsp3) is 0.231. The van der Waals surface area contributed by atoms with Crippen LogP contribution in [0.4, 0.5) is 0 Å². The molecule has 0 heterocycles. The molecule has 1 aromatic rings. The SMILES string of the molecule is C#Cc1ccccc1C=CC(C)C. The van der Waals surface area contributed by atoms with Gasteiger partial charge in [0.2, 0.25) is 0 Å². The Bertz CT molecular complexity index is 337. The Morgan fingerprint density at radius 3 is 2.62 bits per heavy atom. The Morgan fingerprint density at radius 2 is 2.00 bits per heavy atom. The molecule has 0 spiro atoms. The van der Waals surface area contributed by atoms with Gasteiger partial charge < -0.3 is 0 Å². The van der Waals surface area contributed by atoms with Crippen LogP contribution in [-0.2, 0) is 0 Å². The van der Waals surface area contributed by atoms with E-state index in [9.17, 15) is 0 Å². The topological polar surface area (TPSA) is 0 Å². The van der Waals surface area contributed by atoms with Gasteiger partial charge in [0.15, 0.2) is 0 Å². The maximum atomic E-state index is 5.37. The van der Waals surface area contributed by atoms with E-state index in [0.29, 0.717) is 5.92 Å². The fourth-order valence-corrected chi connectivity index (χ4v) is 1.07. The smallest absolute Gasteiger partial charge is 0.0314 e. The second-order valence-corrected chi connectivity index (χ2v) is 3.33. The highest BCUT2D eigenvalue weighted by Gasteiger charge is 1.93. The fourth-order valence-electron chi connectivity index (χ4n) is 1.07. The van der Waals surface area contributed by atoms with Gasteiger partial charge in [-0.1, -0.05) is 50.1 Å². The molecule has 0 amide bonds. The molecule has 0 bridgehead atoms. The summed E-state index contributed by atoms with van der Waals surface area (Å²) in [5, 5.41) is 0. The van der Waals surface area contributed by atoms with Crippen LogP contribution in [0.2, 0.25) is 0 Å². The number of hydrogen-bond donors (Lipinski definition) is 0. The van der Waals surface area contributed by atoms with Gasteiger partial charge in [0.25, 0.3) is 0 Å². The van der Waals surface area contributed by atoms with Gasteiger partial charge in [-0.3, -0.25) is 0 Å². The van der Waals surface area contributed by atoms with Crippen molar-refractivity contribution in [2.45, 2.75) is 13.8 Å². The van der Waals surface area contributed by atoms with Gasteiger partial charge >= 0.3 is 0 Å². The zero-order chi connectivity index (χ0) is 9.68. The number of allylic oxidation sites excluding steroid dienone is 1. The van der Waals surface area contributed by atoms with Crippen LogP contribution in [0, 0.1) is 18.3 Å². The van der Waals surface area contributed by atoms with Gasteiger partial charge in [0.1, 0.15) is 0 Å². The van der Waals surface area contributed by atoms with Gasteiger partial charge in [0, 0.05) is 5.56 Å². The summed E-state index contributed by atoms with van der Waals surface area (Å²) in [5.74, 6) is 3.23. The van der Waals surface area contributed by atoms with E-state index in [1.54, 1.807) is 0 Å². The van der Waals surface area contributed by atoms with Crippen molar-refractivity contribution in [2.24, 2.45) is 5.92 Å². The summed E-state index contributed by atoms with van der Waals surface area (Å²) >= 11 is 0. The van der Waals surface area contributed by atoms with Crippen LogP contribution in [0.5, 0.6) is 0 Å². The molecular weight excluding hydrogens is 156 g/mol. The molecular formula is C13H14. The first-order valence-electron chi connectivity index (χ1n) is 4.48. The van der Waals surface area contributed by atoms with Crippen molar-refractivity contribution in [3.05, 3.63) is 41.5 Å². The van der Waals surface area contributed by atoms with Gasteiger partial charge in [0.05, 0.1) is 0 Å². The molecule has 0 aliphatic carbocycles. The largest absolute Gasteiger partial charge is 0.115 e. The van der Waals surface area contributed by atoms with E-state index in [2.05, 4.69) is 31.9 Å². The molecule has 0 fully saturated rings. The zero-order valence-corrected chi connectivity index (χ0v) is 8.12. The third-order valence-corrected chi connectivity index (χ3v) is 1.78. The van der Waals surface area contributed by atoms with Crippen molar-refractivity contribution >= 4 is 6.08 Å². The summed E-state index contributed by atoms with van der Waals surface area (Å²) in [5.41, 5.74) is 2.08. The Morgan fingerprint density at radius 1 is 1.31 bits per heavy atom. The summed E-state index contributed by atoms with van der Waals surface area (Å²) in [6, 6.07) is 7.96.